The largest absolute Gasteiger partial charge is 0.395 e. The smallest absolute Gasteiger partial charge is 0.123 e. The first-order chi connectivity index (χ1) is 7.29. The molecule has 0 saturated carbocycles. The van der Waals surface area contributed by atoms with Gasteiger partial charge in [0.1, 0.15) is 5.82 Å². The Bertz CT molecular complexity index is 312. The zero-order chi connectivity index (χ0) is 10.7. The van der Waals surface area contributed by atoms with Crippen molar-refractivity contribution in [2.45, 2.75) is 25.4 Å². The second kappa shape index (κ2) is 4.73. The van der Waals surface area contributed by atoms with E-state index in [1.54, 1.807) is 0 Å². The summed E-state index contributed by atoms with van der Waals surface area (Å²) in [6.07, 6.45) is 2.21. The predicted molar refractivity (Wildman–Crippen MR) is 56.9 cm³/mol. The molecule has 0 radical (unpaired) electrons. The van der Waals surface area contributed by atoms with Gasteiger partial charge < -0.3 is 5.11 Å². The number of nitrogens with zero attached hydrogens (tertiary/aromatic N) is 1. The summed E-state index contributed by atoms with van der Waals surface area (Å²) >= 11 is 0. The molecule has 15 heavy (non-hydrogen) atoms. The highest BCUT2D eigenvalue weighted by Gasteiger charge is 2.23. The van der Waals surface area contributed by atoms with E-state index in [1.165, 1.54) is 12.1 Å². The maximum absolute atomic E-state index is 12.7. The van der Waals surface area contributed by atoms with Gasteiger partial charge in [0, 0.05) is 12.6 Å². The minimum atomic E-state index is -0.195. The fourth-order valence-corrected chi connectivity index (χ4v) is 2.13. The molecule has 0 unspecified atom stereocenters. The van der Waals surface area contributed by atoms with Gasteiger partial charge in [-0.1, -0.05) is 12.1 Å². The fourth-order valence-electron chi connectivity index (χ4n) is 2.13. The van der Waals surface area contributed by atoms with Gasteiger partial charge in [-0.2, -0.15) is 0 Å². The number of benzene rings is 1. The van der Waals surface area contributed by atoms with Crippen LogP contribution in [0.1, 0.15) is 18.4 Å². The molecule has 0 aliphatic carbocycles. The lowest BCUT2D eigenvalue weighted by Crippen LogP contribution is -2.31. The number of hydrogen-bond acceptors (Lipinski definition) is 2. The number of rotatable bonds is 3. The van der Waals surface area contributed by atoms with Crippen LogP contribution < -0.4 is 0 Å². The molecule has 82 valence electrons. The van der Waals surface area contributed by atoms with E-state index in [0.29, 0.717) is 0 Å². The van der Waals surface area contributed by atoms with Gasteiger partial charge in [-0.25, -0.2) is 4.39 Å². The molecular weight excluding hydrogens is 193 g/mol. The molecule has 1 heterocycles. The van der Waals surface area contributed by atoms with E-state index < -0.39 is 0 Å². The van der Waals surface area contributed by atoms with Crippen LogP contribution in [0.2, 0.25) is 0 Å². The van der Waals surface area contributed by atoms with Crippen molar-refractivity contribution in [1.82, 2.24) is 4.90 Å². The number of hydrogen-bond donors (Lipinski definition) is 1. The van der Waals surface area contributed by atoms with Crippen LogP contribution in [0.15, 0.2) is 24.3 Å². The van der Waals surface area contributed by atoms with E-state index in [9.17, 15) is 4.39 Å². The monoisotopic (exact) mass is 209 g/mol. The second-order valence-corrected chi connectivity index (χ2v) is 4.08. The lowest BCUT2D eigenvalue weighted by atomic mass is 10.2. The second-order valence-electron chi connectivity index (χ2n) is 4.08. The van der Waals surface area contributed by atoms with Crippen LogP contribution in [0.25, 0.3) is 0 Å². The minimum Gasteiger partial charge on any atom is -0.395 e. The normalized spacial score (nSPS) is 22.1. The Balaban J connectivity index is 1.99. The number of halogens is 1. The summed E-state index contributed by atoms with van der Waals surface area (Å²) in [4.78, 5) is 2.26. The average molecular weight is 209 g/mol. The van der Waals surface area contributed by atoms with Gasteiger partial charge >= 0.3 is 0 Å². The molecule has 0 amide bonds. The highest BCUT2D eigenvalue weighted by atomic mass is 19.1. The summed E-state index contributed by atoms with van der Waals surface area (Å²) in [5, 5.41) is 9.16. The van der Waals surface area contributed by atoms with Crippen LogP contribution in [-0.2, 0) is 6.54 Å². The fraction of sp³-hybridized carbons (Fsp3) is 0.500. The van der Waals surface area contributed by atoms with Crippen molar-refractivity contribution < 1.29 is 9.50 Å². The Morgan fingerprint density at radius 2 is 2.07 bits per heavy atom. The number of aliphatic hydroxyl groups is 1. The van der Waals surface area contributed by atoms with Crippen LogP contribution in [0.3, 0.4) is 0 Å². The van der Waals surface area contributed by atoms with Gasteiger partial charge in [-0.3, -0.25) is 4.90 Å². The summed E-state index contributed by atoms with van der Waals surface area (Å²) in [6, 6.07) is 6.87. The van der Waals surface area contributed by atoms with Crippen LogP contribution >= 0.6 is 0 Å². The molecule has 3 heteroatoms. The zero-order valence-electron chi connectivity index (χ0n) is 8.69. The first kappa shape index (κ1) is 10.6. The Morgan fingerprint density at radius 1 is 1.33 bits per heavy atom. The average Bonchev–Trinajstić information content (AvgIpc) is 2.69. The minimum absolute atomic E-state index is 0.195. The van der Waals surface area contributed by atoms with E-state index in [4.69, 9.17) is 5.11 Å². The molecule has 1 atom stereocenters. The van der Waals surface area contributed by atoms with E-state index in [-0.39, 0.29) is 18.5 Å². The molecule has 1 aliphatic rings. The van der Waals surface area contributed by atoms with E-state index in [1.807, 2.05) is 12.1 Å². The van der Waals surface area contributed by atoms with Gasteiger partial charge in [0.15, 0.2) is 0 Å². The molecule has 1 N–H and O–H groups in total. The van der Waals surface area contributed by atoms with Crippen LogP contribution in [0, 0.1) is 5.82 Å². The molecule has 1 aromatic carbocycles. The molecule has 2 rings (SSSR count). The number of aliphatic hydroxyl groups excluding tert-OH is 1. The third kappa shape index (κ3) is 2.55. The Kier molecular flexibility index (Phi) is 3.34. The first-order valence-corrected chi connectivity index (χ1v) is 5.39. The van der Waals surface area contributed by atoms with Gasteiger partial charge in [0.05, 0.1) is 6.61 Å². The Labute approximate surface area is 89.3 Å². The van der Waals surface area contributed by atoms with Crippen LogP contribution in [0.4, 0.5) is 4.39 Å². The molecule has 1 aliphatic heterocycles. The van der Waals surface area contributed by atoms with E-state index in [0.717, 1.165) is 31.5 Å². The highest BCUT2D eigenvalue weighted by Crippen LogP contribution is 2.19. The molecule has 2 nitrogen and oxygen atoms in total. The lowest BCUT2D eigenvalue weighted by Gasteiger charge is -2.22. The summed E-state index contributed by atoms with van der Waals surface area (Å²) in [6.45, 7) is 2.06. The summed E-state index contributed by atoms with van der Waals surface area (Å²) in [5.74, 6) is -0.195. The van der Waals surface area contributed by atoms with Gasteiger partial charge in [-0.05, 0) is 37.1 Å². The molecule has 1 aromatic rings. The maximum atomic E-state index is 12.7. The molecule has 0 bridgehead atoms. The van der Waals surface area contributed by atoms with Gasteiger partial charge in [-0.15, -0.1) is 0 Å². The summed E-state index contributed by atoms with van der Waals surface area (Å²) in [7, 11) is 0. The highest BCUT2D eigenvalue weighted by molar-refractivity contribution is 5.16. The lowest BCUT2D eigenvalue weighted by molar-refractivity contribution is 0.153. The van der Waals surface area contributed by atoms with E-state index in [2.05, 4.69) is 4.90 Å². The van der Waals surface area contributed by atoms with Crippen molar-refractivity contribution in [1.29, 1.82) is 0 Å². The zero-order valence-corrected chi connectivity index (χ0v) is 8.69. The van der Waals surface area contributed by atoms with Crippen molar-refractivity contribution in [2.24, 2.45) is 0 Å². The van der Waals surface area contributed by atoms with Crippen molar-refractivity contribution in [3.63, 3.8) is 0 Å². The van der Waals surface area contributed by atoms with E-state index >= 15 is 0 Å². The summed E-state index contributed by atoms with van der Waals surface area (Å²) in [5.41, 5.74) is 1.11. The van der Waals surface area contributed by atoms with Gasteiger partial charge in [0.2, 0.25) is 0 Å². The standard InChI is InChI=1S/C12H16FNO/c13-11-5-3-10(4-6-11)8-14-7-1-2-12(14)9-15/h3-6,12,15H,1-2,7-9H2/t12-/m1/s1. The first-order valence-electron chi connectivity index (χ1n) is 5.39. The van der Waals surface area contributed by atoms with Crippen molar-refractivity contribution in [2.75, 3.05) is 13.2 Å². The molecule has 0 aromatic heterocycles. The summed E-state index contributed by atoms with van der Waals surface area (Å²) < 4.78 is 12.7. The molecule has 1 saturated heterocycles. The van der Waals surface area contributed by atoms with Crippen molar-refractivity contribution in [3.05, 3.63) is 35.6 Å². The predicted octanol–water partition coefficient (Wildman–Crippen LogP) is 1.78. The maximum Gasteiger partial charge on any atom is 0.123 e. The molecule has 0 spiro atoms. The van der Waals surface area contributed by atoms with Crippen LogP contribution in [-0.4, -0.2) is 29.2 Å². The Hall–Kier alpha value is -0.930. The van der Waals surface area contributed by atoms with Crippen molar-refractivity contribution in [3.8, 4) is 0 Å². The number of likely N-dealkylation sites (tertiary alicyclic amines) is 1. The van der Waals surface area contributed by atoms with Crippen molar-refractivity contribution >= 4 is 0 Å². The van der Waals surface area contributed by atoms with Crippen LogP contribution in [0.5, 0.6) is 0 Å². The van der Waals surface area contributed by atoms with Gasteiger partial charge in [0.25, 0.3) is 0 Å². The third-order valence-electron chi connectivity index (χ3n) is 3.01. The SMILES string of the molecule is OC[C@H]1CCCN1Cc1ccc(F)cc1. The quantitative estimate of drug-likeness (QED) is 0.820. The molecule has 1 fully saturated rings. The third-order valence-corrected chi connectivity index (χ3v) is 3.01. The Morgan fingerprint density at radius 3 is 2.73 bits per heavy atom. The topological polar surface area (TPSA) is 23.5 Å². The molecular formula is C12H16FNO.